The number of rotatable bonds is 8. The van der Waals surface area contributed by atoms with E-state index < -0.39 is 6.04 Å². The number of carbonyl (C=O) groups excluding carboxylic acids is 2. The van der Waals surface area contributed by atoms with E-state index in [9.17, 15) is 9.59 Å². The van der Waals surface area contributed by atoms with Gasteiger partial charge in [0.25, 0.3) is 5.91 Å². The van der Waals surface area contributed by atoms with Crippen LogP contribution < -0.4 is 10.1 Å². The van der Waals surface area contributed by atoms with Gasteiger partial charge in [-0.2, -0.15) is 0 Å². The van der Waals surface area contributed by atoms with Gasteiger partial charge in [0.15, 0.2) is 6.61 Å². The molecule has 0 aromatic heterocycles. The maximum Gasteiger partial charge on any atom is 0.261 e. The minimum atomic E-state index is -0.604. The van der Waals surface area contributed by atoms with Crippen LogP contribution >= 0.6 is 0 Å². The molecule has 0 radical (unpaired) electrons. The number of hydrogen-bond acceptors (Lipinski definition) is 3. The van der Waals surface area contributed by atoms with E-state index in [1.54, 1.807) is 11.8 Å². The maximum absolute atomic E-state index is 13.1. The first-order valence-electron chi connectivity index (χ1n) is 10.0. The molecule has 0 spiro atoms. The summed E-state index contributed by atoms with van der Waals surface area (Å²) >= 11 is 0. The second-order valence-corrected chi connectivity index (χ2v) is 7.91. The molecule has 0 saturated carbocycles. The van der Waals surface area contributed by atoms with Crippen LogP contribution in [0.15, 0.2) is 42.5 Å². The van der Waals surface area contributed by atoms with Gasteiger partial charge < -0.3 is 15.0 Å². The topological polar surface area (TPSA) is 58.6 Å². The summed E-state index contributed by atoms with van der Waals surface area (Å²) in [6.07, 6.45) is 0. The van der Waals surface area contributed by atoms with Gasteiger partial charge in [0.05, 0.1) is 0 Å². The zero-order valence-electron chi connectivity index (χ0n) is 18.3. The van der Waals surface area contributed by atoms with Crippen molar-refractivity contribution in [2.75, 3.05) is 6.61 Å². The van der Waals surface area contributed by atoms with Gasteiger partial charge in [0.1, 0.15) is 11.8 Å². The number of nitrogens with one attached hydrogen (secondary N) is 1. The molecule has 0 aliphatic rings. The van der Waals surface area contributed by atoms with Crippen LogP contribution in [0, 0.1) is 20.8 Å². The van der Waals surface area contributed by atoms with Crippen molar-refractivity contribution in [2.45, 2.75) is 60.2 Å². The Hall–Kier alpha value is -2.82. The normalized spacial score (nSPS) is 11.8. The molecule has 5 nitrogen and oxygen atoms in total. The van der Waals surface area contributed by atoms with Gasteiger partial charge in [0.2, 0.25) is 5.91 Å². The number of hydrogen-bond donors (Lipinski definition) is 1. The molecule has 5 heteroatoms. The van der Waals surface area contributed by atoms with Crippen molar-refractivity contribution in [2.24, 2.45) is 0 Å². The molecule has 0 fully saturated rings. The number of amides is 2. The van der Waals surface area contributed by atoms with E-state index in [1.807, 2.05) is 77.1 Å². The van der Waals surface area contributed by atoms with Crippen LogP contribution in [0.25, 0.3) is 0 Å². The van der Waals surface area contributed by atoms with Crippen LogP contribution in [-0.2, 0) is 16.1 Å². The highest BCUT2D eigenvalue weighted by Gasteiger charge is 2.27. The minimum Gasteiger partial charge on any atom is -0.483 e. The molecule has 2 aromatic carbocycles. The van der Waals surface area contributed by atoms with E-state index in [-0.39, 0.29) is 24.5 Å². The van der Waals surface area contributed by atoms with E-state index in [4.69, 9.17) is 4.74 Å². The lowest BCUT2D eigenvalue weighted by molar-refractivity contribution is -0.142. The van der Waals surface area contributed by atoms with E-state index in [0.717, 1.165) is 22.3 Å². The van der Waals surface area contributed by atoms with Gasteiger partial charge in [-0.25, -0.2) is 0 Å². The Morgan fingerprint density at radius 1 is 1.00 bits per heavy atom. The Bertz CT molecular complexity index is 861. The van der Waals surface area contributed by atoms with E-state index in [1.165, 1.54) is 0 Å². The maximum atomic E-state index is 13.1. The first-order valence-corrected chi connectivity index (χ1v) is 10.0. The average Bonchev–Trinajstić information content (AvgIpc) is 2.65. The lowest BCUT2D eigenvalue weighted by Gasteiger charge is -2.29. The minimum absolute atomic E-state index is 0.00654. The van der Waals surface area contributed by atoms with Crippen molar-refractivity contribution in [3.05, 3.63) is 64.7 Å². The van der Waals surface area contributed by atoms with Gasteiger partial charge in [-0.1, -0.05) is 42.0 Å². The number of aryl methyl sites for hydroxylation is 3. The molecule has 29 heavy (non-hydrogen) atoms. The summed E-state index contributed by atoms with van der Waals surface area (Å²) < 4.78 is 5.81. The molecular formula is C24H32N2O3. The predicted molar refractivity (Wildman–Crippen MR) is 116 cm³/mol. The van der Waals surface area contributed by atoms with E-state index in [0.29, 0.717) is 12.3 Å². The molecule has 0 heterocycles. The average molecular weight is 397 g/mol. The lowest BCUT2D eigenvalue weighted by atomic mass is 10.1. The largest absolute Gasteiger partial charge is 0.483 e. The third kappa shape index (κ3) is 6.63. The van der Waals surface area contributed by atoms with Gasteiger partial charge in [-0.3, -0.25) is 9.59 Å². The Morgan fingerprint density at radius 3 is 2.34 bits per heavy atom. The van der Waals surface area contributed by atoms with Crippen LogP contribution in [0.4, 0.5) is 0 Å². The van der Waals surface area contributed by atoms with Crippen LogP contribution in [0.3, 0.4) is 0 Å². The lowest BCUT2D eigenvalue weighted by Crippen LogP contribution is -2.50. The summed E-state index contributed by atoms with van der Waals surface area (Å²) in [6, 6.07) is 13.3. The predicted octanol–water partition coefficient (Wildman–Crippen LogP) is 3.93. The Balaban J connectivity index is 2.19. The van der Waals surface area contributed by atoms with Gasteiger partial charge in [0, 0.05) is 12.6 Å². The summed E-state index contributed by atoms with van der Waals surface area (Å²) in [5.74, 6) is 0.291. The third-order valence-corrected chi connectivity index (χ3v) is 4.73. The highest BCUT2D eigenvalue weighted by molar-refractivity contribution is 5.88. The van der Waals surface area contributed by atoms with Crippen LogP contribution in [0.5, 0.6) is 5.75 Å². The van der Waals surface area contributed by atoms with Crippen LogP contribution in [0.2, 0.25) is 0 Å². The third-order valence-electron chi connectivity index (χ3n) is 4.73. The van der Waals surface area contributed by atoms with E-state index in [2.05, 4.69) is 5.32 Å². The zero-order valence-corrected chi connectivity index (χ0v) is 18.3. The SMILES string of the molecule is Cc1cccc(CN(C(=O)COc2cc(C)ccc2C)C(C)C(=O)NC(C)C)c1. The summed E-state index contributed by atoms with van der Waals surface area (Å²) in [7, 11) is 0. The van der Waals surface area contributed by atoms with Crippen molar-refractivity contribution < 1.29 is 14.3 Å². The fourth-order valence-corrected chi connectivity index (χ4v) is 3.08. The molecule has 0 aliphatic heterocycles. The van der Waals surface area contributed by atoms with Crippen LogP contribution in [0.1, 0.15) is 43.0 Å². The number of nitrogens with zero attached hydrogens (tertiary/aromatic N) is 1. The number of carbonyl (C=O) groups is 2. The number of benzene rings is 2. The van der Waals surface area contributed by atoms with Gasteiger partial charge in [-0.05, 0) is 64.3 Å². The molecular weight excluding hydrogens is 364 g/mol. The van der Waals surface area contributed by atoms with E-state index >= 15 is 0 Å². The smallest absolute Gasteiger partial charge is 0.261 e. The Labute approximate surface area is 174 Å². The zero-order chi connectivity index (χ0) is 21.6. The standard InChI is InChI=1S/C24H32N2O3/c1-16(2)25-24(28)20(6)26(14-21-9-7-8-17(3)12-21)23(27)15-29-22-13-18(4)10-11-19(22)5/h7-13,16,20H,14-15H2,1-6H3,(H,25,28). The monoisotopic (exact) mass is 396 g/mol. The Kier molecular flexibility index (Phi) is 7.82. The quantitative estimate of drug-likeness (QED) is 0.735. The number of ether oxygens (including phenoxy) is 1. The fourth-order valence-electron chi connectivity index (χ4n) is 3.08. The molecule has 1 atom stereocenters. The Morgan fingerprint density at radius 2 is 1.69 bits per heavy atom. The van der Waals surface area contributed by atoms with Crippen LogP contribution in [-0.4, -0.2) is 35.4 Å². The van der Waals surface area contributed by atoms with Crippen molar-refractivity contribution in [3.63, 3.8) is 0 Å². The first kappa shape index (κ1) is 22.5. The molecule has 1 N–H and O–H groups in total. The molecule has 2 rings (SSSR count). The molecule has 156 valence electrons. The van der Waals surface area contributed by atoms with Gasteiger partial charge in [-0.15, -0.1) is 0 Å². The summed E-state index contributed by atoms with van der Waals surface area (Å²) in [5, 5.41) is 2.89. The van der Waals surface area contributed by atoms with Crippen molar-refractivity contribution in [1.82, 2.24) is 10.2 Å². The highest BCUT2D eigenvalue weighted by atomic mass is 16.5. The van der Waals surface area contributed by atoms with Crippen molar-refractivity contribution >= 4 is 11.8 Å². The summed E-state index contributed by atoms with van der Waals surface area (Å²) in [6.45, 7) is 11.7. The van der Waals surface area contributed by atoms with Crippen molar-refractivity contribution in [1.29, 1.82) is 0 Å². The highest BCUT2D eigenvalue weighted by Crippen LogP contribution is 2.19. The molecule has 0 bridgehead atoms. The summed E-state index contributed by atoms with van der Waals surface area (Å²) in [5.41, 5.74) is 4.13. The molecule has 2 aromatic rings. The molecule has 0 aliphatic carbocycles. The second kappa shape index (κ2) is 10.1. The fraction of sp³-hybridized carbons (Fsp3) is 0.417. The van der Waals surface area contributed by atoms with Crippen molar-refractivity contribution in [3.8, 4) is 5.75 Å². The first-order chi connectivity index (χ1) is 13.7. The molecule has 1 unspecified atom stereocenters. The molecule has 0 saturated heterocycles. The van der Waals surface area contributed by atoms with Gasteiger partial charge >= 0.3 is 0 Å². The summed E-state index contributed by atoms with van der Waals surface area (Å²) in [4.78, 5) is 27.2. The second-order valence-electron chi connectivity index (χ2n) is 7.91. The molecule has 2 amide bonds.